The Bertz CT molecular complexity index is 1190. The summed E-state index contributed by atoms with van der Waals surface area (Å²) in [5.74, 6) is 2.92. The van der Waals surface area contributed by atoms with E-state index in [1.807, 2.05) is 36.4 Å². The van der Waals surface area contributed by atoms with Crippen LogP contribution in [0.15, 0.2) is 42.5 Å². The summed E-state index contributed by atoms with van der Waals surface area (Å²) in [5.41, 5.74) is 2.93. The number of anilines is 2. The zero-order valence-corrected chi connectivity index (χ0v) is 19.0. The average molecular weight is 451 g/mol. The molecular formula is C25H30N4O4. The zero-order valence-electron chi connectivity index (χ0n) is 19.0. The van der Waals surface area contributed by atoms with E-state index in [4.69, 9.17) is 14.2 Å². The Morgan fingerprint density at radius 2 is 1.88 bits per heavy atom. The molecule has 8 heteroatoms. The molecule has 0 bridgehead atoms. The van der Waals surface area contributed by atoms with Gasteiger partial charge in [-0.05, 0) is 61.6 Å². The van der Waals surface area contributed by atoms with Gasteiger partial charge in [0.2, 0.25) is 0 Å². The number of aromatic nitrogens is 2. The molecule has 174 valence electrons. The number of ether oxygens (including phenoxy) is 3. The summed E-state index contributed by atoms with van der Waals surface area (Å²) in [5, 5.41) is 22.4. The molecule has 1 aliphatic carbocycles. The zero-order chi connectivity index (χ0) is 22.8. The number of nitrogens with zero attached hydrogens (tertiary/aromatic N) is 1. The quantitative estimate of drug-likeness (QED) is 0.305. The Kier molecular flexibility index (Phi) is 6.02. The third-order valence-corrected chi connectivity index (χ3v) is 6.19. The van der Waals surface area contributed by atoms with Crippen LogP contribution in [-0.2, 0) is 0 Å². The lowest BCUT2D eigenvalue weighted by Crippen LogP contribution is -2.33. The number of aliphatic hydroxyl groups excluding tert-OH is 1. The van der Waals surface area contributed by atoms with Gasteiger partial charge < -0.3 is 29.5 Å². The molecule has 0 amide bonds. The summed E-state index contributed by atoms with van der Waals surface area (Å²) < 4.78 is 16.9. The van der Waals surface area contributed by atoms with Crippen LogP contribution >= 0.6 is 0 Å². The molecule has 1 unspecified atom stereocenters. The summed E-state index contributed by atoms with van der Waals surface area (Å²) in [4.78, 5) is 2.28. The van der Waals surface area contributed by atoms with Gasteiger partial charge in [0.05, 0.1) is 19.9 Å². The third-order valence-electron chi connectivity index (χ3n) is 6.19. The SMILES string of the molecule is COc1cccc(Nc2[nH][nH]c3c4cc(OC)c(OCC(O)CN5CCCC5)cc4cc2-3)c1. The fourth-order valence-corrected chi connectivity index (χ4v) is 4.53. The van der Waals surface area contributed by atoms with Gasteiger partial charge in [-0.1, -0.05) is 6.07 Å². The molecule has 4 N–H and O–H groups in total. The van der Waals surface area contributed by atoms with Crippen LogP contribution in [0, 0.1) is 0 Å². The van der Waals surface area contributed by atoms with Crippen LogP contribution in [0.4, 0.5) is 11.5 Å². The highest BCUT2D eigenvalue weighted by Crippen LogP contribution is 2.43. The molecule has 1 fully saturated rings. The second kappa shape index (κ2) is 9.25. The second-order valence-electron chi connectivity index (χ2n) is 8.48. The van der Waals surface area contributed by atoms with Crippen LogP contribution < -0.4 is 19.5 Å². The number of rotatable bonds is 9. The molecule has 2 aromatic rings. The Balaban J connectivity index is 1.37. The Morgan fingerprint density at radius 1 is 1.03 bits per heavy atom. The van der Waals surface area contributed by atoms with Crippen molar-refractivity contribution in [3.63, 3.8) is 0 Å². The fourth-order valence-electron chi connectivity index (χ4n) is 4.53. The van der Waals surface area contributed by atoms with Gasteiger partial charge in [0.1, 0.15) is 24.3 Å². The molecule has 2 heterocycles. The van der Waals surface area contributed by atoms with Crippen molar-refractivity contribution in [2.24, 2.45) is 0 Å². The molecule has 33 heavy (non-hydrogen) atoms. The number of methoxy groups -OCH3 is 2. The van der Waals surface area contributed by atoms with Gasteiger partial charge in [0.25, 0.3) is 0 Å². The van der Waals surface area contributed by atoms with Crippen LogP contribution in [0.25, 0.3) is 22.0 Å². The van der Waals surface area contributed by atoms with E-state index in [1.165, 1.54) is 12.8 Å². The monoisotopic (exact) mass is 450 g/mol. The Hall–Kier alpha value is -3.36. The maximum absolute atomic E-state index is 10.4. The van der Waals surface area contributed by atoms with E-state index in [0.29, 0.717) is 18.0 Å². The molecule has 0 spiro atoms. The molecule has 2 aromatic carbocycles. The second-order valence-corrected chi connectivity index (χ2v) is 8.48. The number of hydrogen-bond donors (Lipinski definition) is 4. The van der Waals surface area contributed by atoms with E-state index in [0.717, 1.165) is 52.4 Å². The van der Waals surface area contributed by atoms with Crippen molar-refractivity contribution >= 4 is 22.3 Å². The van der Waals surface area contributed by atoms with E-state index in [-0.39, 0.29) is 6.61 Å². The Morgan fingerprint density at radius 3 is 2.67 bits per heavy atom. The highest BCUT2D eigenvalue weighted by atomic mass is 16.5. The highest BCUT2D eigenvalue weighted by molar-refractivity contribution is 6.05. The molecule has 1 atom stereocenters. The lowest BCUT2D eigenvalue weighted by molar-refractivity contribution is 0.0748. The number of aliphatic hydroxyl groups is 1. The fraction of sp³-hybridized carbons (Fsp3) is 0.360. The predicted molar refractivity (Wildman–Crippen MR) is 129 cm³/mol. The van der Waals surface area contributed by atoms with Crippen LogP contribution in [0.2, 0.25) is 0 Å². The van der Waals surface area contributed by atoms with E-state index in [1.54, 1.807) is 14.2 Å². The lowest BCUT2D eigenvalue weighted by Gasteiger charge is -2.20. The summed E-state index contributed by atoms with van der Waals surface area (Å²) in [6.45, 7) is 2.97. The van der Waals surface area contributed by atoms with Crippen LogP contribution in [-0.4, -0.2) is 66.8 Å². The normalized spacial score (nSPS) is 15.2. The van der Waals surface area contributed by atoms with E-state index < -0.39 is 6.10 Å². The topological polar surface area (TPSA) is 94.8 Å². The van der Waals surface area contributed by atoms with Gasteiger partial charge in [-0.25, -0.2) is 0 Å². The first kappa shape index (κ1) is 21.5. The molecule has 3 aliphatic rings. The summed E-state index contributed by atoms with van der Waals surface area (Å²) >= 11 is 0. The minimum absolute atomic E-state index is 0.230. The summed E-state index contributed by atoms with van der Waals surface area (Å²) in [7, 11) is 3.29. The number of hydrogen-bond acceptors (Lipinski definition) is 6. The minimum atomic E-state index is -0.536. The van der Waals surface area contributed by atoms with Gasteiger partial charge in [-0.3, -0.25) is 10.2 Å². The van der Waals surface area contributed by atoms with Crippen LogP contribution in [0.1, 0.15) is 12.8 Å². The van der Waals surface area contributed by atoms with Gasteiger partial charge >= 0.3 is 0 Å². The van der Waals surface area contributed by atoms with E-state index in [9.17, 15) is 5.11 Å². The minimum Gasteiger partial charge on any atom is -0.497 e. The summed E-state index contributed by atoms with van der Waals surface area (Å²) in [6, 6.07) is 13.8. The number of H-pyrrole nitrogens is 2. The molecule has 2 aliphatic heterocycles. The number of fused-ring (bicyclic) bond motifs is 3. The summed E-state index contributed by atoms with van der Waals surface area (Å²) in [6.07, 6.45) is 1.87. The van der Waals surface area contributed by atoms with Gasteiger partial charge in [-0.2, -0.15) is 0 Å². The molecule has 1 saturated heterocycles. The van der Waals surface area contributed by atoms with Crippen molar-refractivity contribution in [1.29, 1.82) is 0 Å². The molecule has 0 saturated carbocycles. The number of likely N-dealkylation sites (tertiary alicyclic amines) is 1. The van der Waals surface area contributed by atoms with Crippen LogP contribution in [0.3, 0.4) is 0 Å². The smallest absolute Gasteiger partial charge is 0.161 e. The van der Waals surface area contributed by atoms with Gasteiger partial charge in [-0.15, -0.1) is 0 Å². The molecule has 5 rings (SSSR count). The first-order chi connectivity index (χ1) is 16.1. The van der Waals surface area contributed by atoms with E-state index >= 15 is 0 Å². The predicted octanol–water partition coefficient (Wildman–Crippen LogP) is 4.20. The molecule has 8 nitrogen and oxygen atoms in total. The molecule has 0 radical (unpaired) electrons. The largest absolute Gasteiger partial charge is 0.497 e. The third kappa shape index (κ3) is 4.44. The Labute approximate surface area is 192 Å². The van der Waals surface area contributed by atoms with Gasteiger partial charge in [0, 0.05) is 29.2 Å². The lowest BCUT2D eigenvalue weighted by atomic mass is 10.2. The number of β-amino-alcohol motifs (C(OH)–C–C–N with tert-alkyl or cyclic N) is 1. The van der Waals surface area contributed by atoms with Crippen LogP contribution in [0.5, 0.6) is 17.2 Å². The number of nitrogens with one attached hydrogen (secondary N) is 3. The van der Waals surface area contributed by atoms with Crippen molar-refractivity contribution in [1.82, 2.24) is 15.1 Å². The first-order valence-electron chi connectivity index (χ1n) is 11.3. The maximum atomic E-state index is 10.4. The van der Waals surface area contributed by atoms with Crippen molar-refractivity contribution in [2.75, 3.05) is 45.8 Å². The van der Waals surface area contributed by atoms with Crippen molar-refractivity contribution in [2.45, 2.75) is 18.9 Å². The van der Waals surface area contributed by atoms with E-state index in [2.05, 4.69) is 26.5 Å². The number of benzene rings is 2. The number of aromatic amines is 2. The molecular weight excluding hydrogens is 420 g/mol. The molecule has 0 aromatic heterocycles. The first-order valence-corrected chi connectivity index (χ1v) is 11.3. The van der Waals surface area contributed by atoms with Crippen molar-refractivity contribution in [3.05, 3.63) is 42.5 Å². The van der Waals surface area contributed by atoms with Crippen molar-refractivity contribution < 1.29 is 19.3 Å². The van der Waals surface area contributed by atoms with Gasteiger partial charge in [0.15, 0.2) is 11.5 Å². The van der Waals surface area contributed by atoms with Crippen molar-refractivity contribution in [3.8, 4) is 28.5 Å². The highest BCUT2D eigenvalue weighted by Gasteiger charge is 2.21. The maximum Gasteiger partial charge on any atom is 0.161 e. The standard InChI is InChI=1S/C25H30N4O4/c1-31-19-7-5-6-17(12-19)26-25-21-10-16-11-23(22(32-2)13-20(16)24(21)27-28-25)33-15-18(30)14-29-8-3-4-9-29/h5-7,10-13,18,26-28,30H,3-4,8-9,14-15H2,1-2H3. The average Bonchev–Trinajstić information content (AvgIpc) is 3.55.